The molecule has 1 spiro atoms. The van der Waals surface area contributed by atoms with E-state index in [4.69, 9.17) is 25.9 Å². The van der Waals surface area contributed by atoms with Crippen LogP contribution in [0.2, 0.25) is 0 Å². The van der Waals surface area contributed by atoms with Crippen LogP contribution in [0.3, 0.4) is 0 Å². The van der Waals surface area contributed by atoms with Gasteiger partial charge in [-0.15, -0.1) is 0 Å². The Morgan fingerprint density at radius 3 is 2.43 bits per heavy atom. The first-order valence-corrected chi connectivity index (χ1v) is 18.3. The van der Waals surface area contributed by atoms with Crippen LogP contribution >= 0.6 is 0 Å². The molecular formula is C37H60FN5O4. The number of ether oxygens (including phenoxy) is 2. The van der Waals surface area contributed by atoms with Crippen LogP contribution in [0.1, 0.15) is 130 Å². The molecule has 47 heavy (non-hydrogen) atoms. The van der Waals surface area contributed by atoms with Gasteiger partial charge in [-0.1, -0.05) is 59.3 Å². The summed E-state index contributed by atoms with van der Waals surface area (Å²) in [5.74, 6) is -1.02. The highest BCUT2D eigenvalue weighted by molar-refractivity contribution is 6.00. The van der Waals surface area contributed by atoms with Crippen molar-refractivity contribution in [2.75, 3.05) is 13.7 Å². The molecule has 0 aromatic carbocycles. The van der Waals surface area contributed by atoms with Gasteiger partial charge in [0.25, 0.3) is 5.91 Å². The Morgan fingerprint density at radius 2 is 1.79 bits per heavy atom. The number of carbonyl (C=O) groups excluding carboxylic acids is 2. The number of allylic oxidation sites excluding steroid dienone is 3. The Labute approximate surface area is 281 Å². The number of halogens is 1. The highest BCUT2D eigenvalue weighted by Crippen LogP contribution is 2.58. The number of nitrogens with two attached hydrogens (primary N) is 2. The molecule has 264 valence electrons. The van der Waals surface area contributed by atoms with Gasteiger partial charge in [0.05, 0.1) is 54.9 Å². The van der Waals surface area contributed by atoms with Crippen molar-refractivity contribution in [2.45, 2.75) is 154 Å². The third-order valence-corrected chi connectivity index (χ3v) is 11.3. The molecule has 0 bridgehead atoms. The Morgan fingerprint density at radius 1 is 1.06 bits per heavy atom. The van der Waals surface area contributed by atoms with Crippen molar-refractivity contribution >= 4 is 23.8 Å². The number of unbranched alkanes of at least 4 members (excludes halogenated alkanes) is 3. The molecule has 3 atom stereocenters. The van der Waals surface area contributed by atoms with Gasteiger partial charge in [0.1, 0.15) is 5.83 Å². The summed E-state index contributed by atoms with van der Waals surface area (Å²) in [5.41, 5.74) is 13.7. The average molecular weight is 658 g/mol. The highest BCUT2D eigenvalue weighted by atomic mass is 19.1. The van der Waals surface area contributed by atoms with E-state index in [0.29, 0.717) is 25.1 Å². The summed E-state index contributed by atoms with van der Waals surface area (Å²) in [6.45, 7) is 7.18. The predicted octanol–water partition coefficient (Wildman–Crippen LogP) is 6.60. The van der Waals surface area contributed by atoms with Crippen molar-refractivity contribution in [3.8, 4) is 0 Å². The Bertz CT molecular complexity index is 1200. The van der Waals surface area contributed by atoms with Crippen molar-refractivity contribution in [1.82, 2.24) is 5.32 Å². The number of nitrogens with zero attached hydrogens (tertiary/aromatic N) is 2. The summed E-state index contributed by atoms with van der Waals surface area (Å²) in [7, 11) is 1.44. The van der Waals surface area contributed by atoms with Crippen LogP contribution in [0.15, 0.2) is 33.2 Å². The Kier molecular flexibility index (Phi) is 13.8. The lowest BCUT2D eigenvalue weighted by Gasteiger charge is -2.46. The second-order valence-electron chi connectivity index (χ2n) is 14.6. The third-order valence-electron chi connectivity index (χ3n) is 11.3. The molecule has 0 saturated heterocycles. The van der Waals surface area contributed by atoms with Gasteiger partial charge < -0.3 is 26.3 Å². The molecule has 2 aliphatic carbocycles. The Balaban J connectivity index is 1.62. The zero-order valence-corrected chi connectivity index (χ0v) is 29.3. The van der Waals surface area contributed by atoms with E-state index in [2.05, 4.69) is 31.1 Å². The van der Waals surface area contributed by atoms with Gasteiger partial charge in [0.2, 0.25) is 0 Å². The van der Waals surface area contributed by atoms with E-state index in [0.717, 1.165) is 102 Å². The molecule has 2 heterocycles. The number of methoxy groups -OCH3 is 1. The van der Waals surface area contributed by atoms with Crippen molar-refractivity contribution < 1.29 is 23.5 Å². The lowest BCUT2D eigenvalue weighted by atomic mass is 9.58. The number of esters is 1. The largest absolute Gasteiger partial charge is 0.469 e. The van der Waals surface area contributed by atoms with Gasteiger partial charge in [0, 0.05) is 12.3 Å². The number of rotatable bonds is 13. The molecule has 2 aliphatic heterocycles. The summed E-state index contributed by atoms with van der Waals surface area (Å²) in [4.78, 5) is 35.9. The normalized spacial score (nSPS) is 32.2. The number of aliphatic imine (C=N–C) groups is 2. The molecule has 4 aliphatic rings. The number of carbonyl (C=O) groups is 2. The minimum absolute atomic E-state index is 0.0170. The van der Waals surface area contributed by atoms with Gasteiger partial charge in [-0.2, -0.15) is 0 Å². The SMILES string of the molecule is CCCCCCC1=NCCC(O[C@H]2CC[C@H](C(=O)OC)CC2)C1NC(=O)\C(=C1CC(C)(CCC)C2(\C=C(F)/C=N\1)CCCC2)C(N)N. The second-order valence-corrected chi connectivity index (χ2v) is 14.6. The van der Waals surface area contributed by atoms with E-state index in [1.54, 1.807) is 6.08 Å². The fourth-order valence-corrected chi connectivity index (χ4v) is 8.66. The summed E-state index contributed by atoms with van der Waals surface area (Å²) >= 11 is 0. The summed E-state index contributed by atoms with van der Waals surface area (Å²) in [6, 6.07) is -0.442. The van der Waals surface area contributed by atoms with Crippen LogP contribution in [0.5, 0.6) is 0 Å². The first-order chi connectivity index (χ1) is 22.6. The zero-order valence-electron chi connectivity index (χ0n) is 29.3. The molecule has 4 rings (SSSR count). The van der Waals surface area contributed by atoms with E-state index >= 15 is 4.39 Å². The Hall–Kier alpha value is -2.43. The summed E-state index contributed by atoms with van der Waals surface area (Å²) in [6.07, 6.45) is 16.6. The second kappa shape index (κ2) is 17.3. The number of hydrogen-bond acceptors (Lipinski definition) is 8. The molecule has 0 radical (unpaired) electrons. The molecule has 5 N–H and O–H groups in total. The van der Waals surface area contributed by atoms with E-state index in [1.165, 1.54) is 13.3 Å². The lowest BCUT2D eigenvalue weighted by molar-refractivity contribution is -0.148. The van der Waals surface area contributed by atoms with Crippen molar-refractivity contribution in [1.29, 1.82) is 0 Å². The highest BCUT2D eigenvalue weighted by Gasteiger charge is 2.49. The van der Waals surface area contributed by atoms with Gasteiger partial charge in [-0.05, 0) is 87.5 Å². The van der Waals surface area contributed by atoms with Crippen molar-refractivity contribution in [3.63, 3.8) is 0 Å². The minimum Gasteiger partial charge on any atom is -0.469 e. The molecule has 9 nitrogen and oxygen atoms in total. The summed E-state index contributed by atoms with van der Waals surface area (Å²) < 4.78 is 27.1. The number of nitrogens with one attached hydrogen (secondary N) is 1. The maximum atomic E-state index is 15.4. The molecular weight excluding hydrogens is 597 g/mol. The fourth-order valence-electron chi connectivity index (χ4n) is 8.66. The molecule has 2 saturated carbocycles. The lowest BCUT2D eigenvalue weighted by Crippen LogP contribution is -2.55. The maximum absolute atomic E-state index is 15.4. The van der Waals surface area contributed by atoms with E-state index < -0.39 is 18.1 Å². The van der Waals surface area contributed by atoms with Crippen LogP contribution in [0.4, 0.5) is 4.39 Å². The van der Waals surface area contributed by atoms with Gasteiger partial charge in [-0.3, -0.25) is 19.6 Å². The van der Waals surface area contributed by atoms with Gasteiger partial charge in [-0.25, -0.2) is 4.39 Å². The molecule has 0 aromatic heterocycles. The number of hydrogen-bond donors (Lipinski definition) is 3. The van der Waals surface area contributed by atoms with E-state index in [-0.39, 0.29) is 46.3 Å². The number of amides is 1. The quantitative estimate of drug-likeness (QED) is 0.0883. The molecule has 1 amide bonds. The molecule has 2 fully saturated rings. The predicted molar refractivity (Wildman–Crippen MR) is 186 cm³/mol. The van der Waals surface area contributed by atoms with Crippen LogP contribution < -0.4 is 16.8 Å². The standard InChI is InChI=1S/C37H60FN5O4/c1-5-7-8-9-12-28-32(30(17-21-41-28)47-27-15-13-25(14-16-27)35(45)46-4)43-34(44)31(33(39)40)29-23-36(3,18-6-2)37(19-10-11-20-37)22-26(38)24-42-29/h22,24-25,27,30,32-33H,5-21,23,39-40H2,1-4H3,(H,43,44)/b26-22+,31-29-,42-24-/t25-,27-,30?,32?,36?. The first kappa shape index (κ1) is 37.4. The monoisotopic (exact) mass is 657 g/mol. The topological polar surface area (TPSA) is 141 Å². The average Bonchev–Trinajstić information content (AvgIpc) is 3.53. The van der Waals surface area contributed by atoms with Crippen molar-refractivity contribution in [3.05, 3.63) is 23.2 Å². The summed E-state index contributed by atoms with van der Waals surface area (Å²) in [5, 5.41) is 3.26. The van der Waals surface area contributed by atoms with Crippen LogP contribution in [0.25, 0.3) is 0 Å². The van der Waals surface area contributed by atoms with Crippen LogP contribution in [-0.4, -0.2) is 61.9 Å². The molecule has 3 unspecified atom stereocenters. The smallest absolute Gasteiger partial charge is 0.308 e. The van der Waals surface area contributed by atoms with Crippen molar-refractivity contribution in [2.24, 2.45) is 38.2 Å². The van der Waals surface area contributed by atoms with Gasteiger partial charge >= 0.3 is 5.97 Å². The molecule has 10 heteroatoms. The molecule has 0 aromatic rings. The zero-order chi connectivity index (χ0) is 34.0. The van der Waals surface area contributed by atoms with E-state index in [1.807, 2.05) is 0 Å². The third kappa shape index (κ3) is 9.18. The fraction of sp³-hybridized carbons (Fsp3) is 0.784. The maximum Gasteiger partial charge on any atom is 0.308 e. The van der Waals surface area contributed by atoms with Gasteiger partial charge in [0.15, 0.2) is 0 Å². The van der Waals surface area contributed by atoms with Crippen LogP contribution in [0, 0.1) is 16.7 Å². The van der Waals surface area contributed by atoms with Crippen LogP contribution in [-0.2, 0) is 19.1 Å². The first-order valence-electron chi connectivity index (χ1n) is 18.3. The van der Waals surface area contributed by atoms with E-state index in [9.17, 15) is 9.59 Å². The minimum atomic E-state index is -1.10.